The van der Waals surface area contributed by atoms with Gasteiger partial charge in [-0.1, -0.05) is 66.7 Å². The maximum Gasteiger partial charge on any atom is 0.243 e. The minimum atomic E-state index is -0.705. The highest BCUT2D eigenvalue weighted by atomic mass is 32.2. The van der Waals surface area contributed by atoms with Gasteiger partial charge in [0.2, 0.25) is 11.8 Å². The molecule has 1 atom stereocenters. The van der Waals surface area contributed by atoms with Crippen molar-refractivity contribution in [1.82, 2.24) is 10.2 Å². The summed E-state index contributed by atoms with van der Waals surface area (Å²) in [7, 11) is 0. The predicted octanol–water partition coefficient (Wildman–Crippen LogP) is 5.92. The number of halogens is 1. The van der Waals surface area contributed by atoms with Crippen molar-refractivity contribution in [3.63, 3.8) is 0 Å². The summed E-state index contributed by atoms with van der Waals surface area (Å²) in [5.74, 6) is 0.287. The van der Waals surface area contributed by atoms with E-state index < -0.39 is 11.6 Å². The summed E-state index contributed by atoms with van der Waals surface area (Å²) in [6, 6.07) is 23.2. The standard InChI is InChI=1S/C30H35FN2O2S/c1-22-10-8-9-13-25(22)20-36-21-28(34)33(19-24-14-16-26(31)17-15-24)27(29(35)32-30(2,3)4)18-23-11-6-5-7-12-23/h5-17,27H,18-21H2,1-4H3,(H,32,35)/t27-/m1/s1. The summed E-state index contributed by atoms with van der Waals surface area (Å²) in [5.41, 5.74) is 3.67. The Balaban J connectivity index is 1.87. The first kappa shape index (κ1) is 27.5. The van der Waals surface area contributed by atoms with E-state index in [0.717, 1.165) is 11.1 Å². The minimum absolute atomic E-state index is 0.122. The van der Waals surface area contributed by atoms with E-state index in [-0.39, 0.29) is 29.9 Å². The Bertz CT molecular complexity index is 1140. The molecule has 4 nitrogen and oxygen atoms in total. The van der Waals surface area contributed by atoms with Gasteiger partial charge in [-0.3, -0.25) is 9.59 Å². The third-order valence-corrected chi connectivity index (χ3v) is 6.75. The maximum atomic E-state index is 13.6. The molecule has 0 fully saturated rings. The molecule has 0 unspecified atom stereocenters. The Morgan fingerprint density at radius 2 is 1.56 bits per heavy atom. The van der Waals surface area contributed by atoms with Gasteiger partial charge in [0.1, 0.15) is 11.9 Å². The van der Waals surface area contributed by atoms with Crippen molar-refractivity contribution in [2.75, 3.05) is 5.75 Å². The second-order valence-corrected chi connectivity index (χ2v) is 11.0. The van der Waals surface area contributed by atoms with Crippen molar-refractivity contribution < 1.29 is 14.0 Å². The molecule has 36 heavy (non-hydrogen) atoms. The van der Waals surface area contributed by atoms with Gasteiger partial charge in [-0.2, -0.15) is 0 Å². The summed E-state index contributed by atoms with van der Waals surface area (Å²) in [6.07, 6.45) is 0.387. The van der Waals surface area contributed by atoms with Crippen molar-refractivity contribution in [3.05, 3.63) is 107 Å². The van der Waals surface area contributed by atoms with Gasteiger partial charge < -0.3 is 10.2 Å². The minimum Gasteiger partial charge on any atom is -0.350 e. The summed E-state index contributed by atoms with van der Waals surface area (Å²) in [6.45, 7) is 8.06. The number of hydrogen-bond donors (Lipinski definition) is 1. The second-order valence-electron chi connectivity index (χ2n) is 10.0. The zero-order valence-corrected chi connectivity index (χ0v) is 22.3. The summed E-state index contributed by atoms with van der Waals surface area (Å²) in [4.78, 5) is 28.8. The lowest BCUT2D eigenvalue weighted by atomic mass is 10.0. The number of carbonyl (C=O) groups is 2. The third kappa shape index (κ3) is 8.52. The van der Waals surface area contributed by atoms with E-state index in [4.69, 9.17) is 0 Å². The molecule has 6 heteroatoms. The molecule has 0 aliphatic heterocycles. The second kappa shape index (κ2) is 12.7. The molecule has 3 aromatic carbocycles. The molecule has 2 amide bonds. The number of nitrogens with zero attached hydrogens (tertiary/aromatic N) is 1. The summed E-state index contributed by atoms with van der Waals surface area (Å²) < 4.78 is 13.6. The van der Waals surface area contributed by atoms with Crippen LogP contribution >= 0.6 is 11.8 Å². The topological polar surface area (TPSA) is 49.4 Å². The van der Waals surface area contributed by atoms with Crippen LogP contribution < -0.4 is 5.32 Å². The molecule has 0 heterocycles. The maximum absolute atomic E-state index is 13.6. The molecule has 0 saturated carbocycles. The number of thioether (sulfide) groups is 1. The molecule has 0 bridgehead atoms. The van der Waals surface area contributed by atoms with E-state index in [1.165, 1.54) is 35.0 Å². The molecule has 3 aromatic rings. The lowest BCUT2D eigenvalue weighted by Crippen LogP contribution is -2.54. The third-order valence-electron chi connectivity index (χ3n) is 5.78. The van der Waals surface area contributed by atoms with Gasteiger partial charge in [-0.15, -0.1) is 11.8 Å². The van der Waals surface area contributed by atoms with Crippen LogP contribution in [0.3, 0.4) is 0 Å². The Hall–Kier alpha value is -3.12. The lowest BCUT2D eigenvalue weighted by molar-refractivity contribution is -0.140. The highest BCUT2D eigenvalue weighted by molar-refractivity contribution is 7.99. The van der Waals surface area contributed by atoms with E-state index >= 15 is 0 Å². The van der Waals surface area contributed by atoms with E-state index in [0.29, 0.717) is 12.2 Å². The quantitative estimate of drug-likeness (QED) is 0.371. The molecule has 190 valence electrons. The van der Waals surface area contributed by atoms with Crippen LogP contribution in [-0.2, 0) is 28.3 Å². The molecular weight excluding hydrogens is 471 g/mol. The van der Waals surface area contributed by atoms with Gasteiger partial charge in [-0.25, -0.2) is 4.39 Å². The van der Waals surface area contributed by atoms with Crippen molar-refractivity contribution in [3.8, 4) is 0 Å². The average molecular weight is 507 g/mol. The van der Waals surface area contributed by atoms with Crippen LogP contribution in [0.2, 0.25) is 0 Å². The Morgan fingerprint density at radius 1 is 0.917 bits per heavy atom. The normalized spacial score (nSPS) is 12.1. The summed E-state index contributed by atoms with van der Waals surface area (Å²) in [5, 5.41) is 3.06. The van der Waals surface area contributed by atoms with E-state index in [1.807, 2.05) is 63.2 Å². The van der Waals surface area contributed by atoms with Gasteiger partial charge in [0.25, 0.3) is 0 Å². The Morgan fingerprint density at radius 3 is 2.19 bits per heavy atom. The number of rotatable bonds is 10. The molecule has 0 saturated heterocycles. The molecular formula is C30H35FN2O2S. The molecule has 0 aliphatic rings. The number of amides is 2. The SMILES string of the molecule is Cc1ccccc1CSCC(=O)N(Cc1ccc(F)cc1)[C@H](Cc1ccccc1)C(=O)NC(C)(C)C. The zero-order valence-electron chi connectivity index (χ0n) is 21.5. The van der Waals surface area contributed by atoms with Crippen LogP contribution in [0.25, 0.3) is 0 Å². The van der Waals surface area contributed by atoms with E-state index in [1.54, 1.807) is 17.0 Å². The lowest BCUT2D eigenvalue weighted by Gasteiger charge is -2.34. The van der Waals surface area contributed by atoms with Gasteiger partial charge in [0.05, 0.1) is 5.75 Å². The van der Waals surface area contributed by atoms with Crippen LogP contribution in [0.1, 0.15) is 43.0 Å². The fraction of sp³-hybridized carbons (Fsp3) is 0.333. The highest BCUT2D eigenvalue weighted by Crippen LogP contribution is 2.20. The number of benzene rings is 3. The van der Waals surface area contributed by atoms with Crippen LogP contribution in [0.4, 0.5) is 4.39 Å². The molecule has 3 rings (SSSR count). The van der Waals surface area contributed by atoms with Crippen LogP contribution in [0.5, 0.6) is 0 Å². The molecule has 0 aromatic heterocycles. The molecule has 1 N–H and O–H groups in total. The average Bonchev–Trinajstić information content (AvgIpc) is 2.83. The van der Waals surface area contributed by atoms with Crippen LogP contribution in [0.15, 0.2) is 78.9 Å². The van der Waals surface area contributed by atoms with Crippen molar-refractivity contribution >= 4 is 23.6 Å². The molecule has 0 aliphatic carbocycles. The highest BCUT2D eigenvalue weighted by Gasteiger charge is 2.32. The fourth-order valence-electron chi connectivity index (χ4n) is 3.90. The van der Waals surface area contributed by atoms with Crippen LogP contribution in [-0.4, -0.2) is 34.0 Å². The fourth-order valence-corrected chi connectivity index (χ4v) is 4.88. The first-order valence-electron chi connectivity index (χ1n) is 12.1. The van der Waals surface area contributed by atoms with Crippen LogP contribution in [0, 0.1) is 12.7 Å². The van der Waals surface area contributed by atoms with Crippen molar-refractivity contribution in [2.45, 2.75) is 58.0 Å². The first-order chi connectivity index (χ1) is 17.1. The van der Waals surface area contributed by atoms with Gasteiger partial charge in [-0.05, 0) is 62.1 Å². The number of nitrogens with one attached hydrogen (secondary N) is 1. The predicted molar refractivity (Wildman–Crippen MR) is 146 cm³/mol. The van der Waals surface area contributed by atoms with Crippen molar-refractivity contribution in [2.24, 2.45) is 0 Å². The van der Waals surface area contributed by atoms with E-state index in [9.17, 15) is 14.0 Å². The van der Waals surface area contributed by atoms with Gasteiger partial charge in [0.15, 0.2) is 0 Å². The smallest absolute Gasteiger partial charge is 0.243 e. The van der Waals surface area contributed by atoms with E-state index in [2.05, 4.69) is 24.4 Å². The number of aryl methyl sites for hydroxylation is 1. The van der Waals surface area contributed by atoms with Gasteiger partial charge >= 0.3 is 0 Å². The number of carbonyl (C=O) groups excluding carboxylic acids is 2. The van der Waals surface area contributed by atoms with Gasteiger partial charge in [0, 0.05) is 24.3 Å². The largest absolute Gasteiger partial charge is 0.350 e. The summed E-state index contributed by atoms with van der Waals surface area (Å²) >= 11 is 1.54. The number of hydrogen-bond acceptors (Lipinski definition) is 3. The first-order valence-corrected chi connectivity index (χ1v) is 13.3. The van der Waals surface area contributed by atoms with Crippen molar-refractivity contribution in [1.29, 1.82) is 0 Å². The zero-order chi connectivity index (χ0) is 26.1. The Kier molecular flexibility index (Phi) is 9.71. The molecule has 0 spiro atoms. The monoisotopic (exact) mass is 506 g/mol. The molecule has 0 radical (unpaired) electrons. The Labute approximate surface area is 218 Å².